The summed E-state index contributed by atoms with van der Waals surface area (Å²) in [6, 6.07) is 13.3. The molecule has 0 aliphatic heterocycles. The minimum Gasteiger partial charge on any atom is -0.330 e. The maximum atomic E-state index is 13.5. The van der Waals surface area contributed by atoms with Crippen molar-refractivity contribution in [2.45, 2.75) is 44.7 Å². The van der Waals surface area contributed by atoms with E-state index in [0.717, 1.165) is 31.4 Å². The summed E-state index contributed by atoms with van der Waals surface area (Å²) in [5, 5.41) is 1.25. The minimum absolute atomic E-state index is 0.0417. The number of amides is 1. The molecular formula is C22H23N3O2. The maximum Gasteiger partial charge on any atom is 0.256 e. The molecule has 1 aliphatic rings. The van der Waals surface area contributed by atoms with Crippen molar-refractivity contribution in [3.05, 3.63) is 76.5 Å². The molecule has 3 aromatic rings. The van der Waals surface area contributed by atoms with Crippen molar-refractivity contribution in [1.29, 1.82) is 0 Å². The molecule has 1 aromatic carbocycles. The number of fused-ring (bicyclic) bond motifs is 1. The van der Waals surface area contributed by atoms with E-state index in [1.54, 1.807) is 18.5 Å². The van der Waals surface area contributed by atoms with E-state index in [-0.39, 0.29) is 17.5 Å². The zero-order chi connectivity index (χ0) is 18.6. The second-order valence-electron chi connectivity index (χ2n) is 7.12. The fraction of sp³-hybridized carbons (Fsp3) is 0.318. The Morgan fingerprint density at radius 1 is 1.04 bits per heavy atom. The molecule has 0 saturated heterocycles. The lowest BCUT2D eigenvalue weighted by molar-refractivity contribution is 0.0612. The van der Waals surface area contributed by atoms with Gasteiger partial charge in [-0.05, 0) is 31.0 Å². The summed E-state index contributed by atoms with van der Waals surface area (Å²) < 4.78 is 0. The number of benzene rings is 1. The molecule has 0 bridgehead atoms. The molecule has 4 rings (SSSR count). The van der Waals surface area contributed by atoms with Gasteiger partial charge in [-0.2, -0.15) is 0 Å². The number of nitrogens with one attached hydrogen (secondary N) is 1. The van der Waals surface area contributed by atoms with Crippen LogP contribution < -0.4 is 5.56 Å². The third-order valence-electron chi connectivity index (χ3n) is 5.37. The first-order valence-electron chi connectivity index (χ1n) is 9.55. The van der Waals surface area contributed by atoms with Crippen molar-refractivity contribution < 1.29 is 4.79 Å². The van der Waals surface area contributed by atoms with Crippen LogP contribution in [0.15, 0.2) is 59.7 Å². The molecule has 27 heavy (non-hydrogen) atoms. The third-order valence-corrected chi connectivity index (χ3v) is 5.37. The molecule has 1 N–H and O–H groups in total. The van der Waals surface area contributed by atoms with Crippen LogP contribution in [0.25, 0.3) is 10.8 Å². The fourth-order valence-electron chi connectivity index (χ4n) is 3.97. The molecule has 0 radical (unpaired) electrons. The molecule has 1 amide bonds. The topological polar surface area (TPSA) is 66.1 Å². The van der Waals surface area contributed by atoms with Crippen LogP contribution in [0.3, 0.4) is 0 Å². The summed E-state index contributed by atoms with van der Waals surface area (Å²) in [6.07, 6.45) is 8.85. The summed E-state index contributed by atoms with van der Waals surface area (Å²) in [6.45, 7) is 0.484. The number of hydrogen-bond acceptors (Lipinski definition) is 3. The summed E-state index contributed by atoms with van der Waals surface area (Å²) in [4.78, 5) is 34.8. The van der Waals surface area contributed by atoms with Gasteiger partial charge in [-0.1, -0.05) is 43.5 Å². The van der Waals surface area contributed by atoms with Gasteiger partial charge in [0, 0.05) is 29.2 Å². The minimum atomic E-state index is -0.170. The van der Waals surface area contributed by atoms with Gasteiger partial charge in [-0.3, -0.25) is 14.6 Å². The van der Waals surface area contributed by atoms with Crippen LogP contribution in [-0.4, -0.2) is 26.8 Å². The van der Waals surface area contributed by atoms with Gasteiger partial charge in [0.25, 0.3) is 11.5 Å². The highest BCUT2D eigenvalue weighted by atomic mass is 16.2. The number of H-pyrrole nitrogens is 1. The monoisotopic (exact) mass is 361 g/mol. The predicted octanol–water partition coefficient (Wildman–Crippen LogP) is 3.90. The van der Waals surface area contributed by atoms with E-state index in [2.05, 4.69) is 9.97 Å². The fourth-order valence-corrected chi connectivity index (χ4v) is 3.97. The van der Waals surface area contributed by atoms with Gasteiger partial charge in [-0.25, -0.2) is 0 Å². The highest BCUT2D eigenvalue weighted by Crippen LogP contribution is 2.26. The molecule has 0 unspecified atom stereocenters. The molecule has 1 saturated carbocycles. The Morgan fingerprint density at radius 2 is 1.78 bits per heavy atom. The van der Waals surface area contributed by atoms with E-state index in [1.807, 2.05) is 41.3 Å². The van der Waals surface area contributed by atoms with Crippen LogP contribution in [0.5, 0.6) is 0 Å². The molecule has 1 fully saturated rings. The van der Waals surface area contributed by atoms with Gasteiger partial charge in [0.05, 0.1) is 17.8 Å². The summed E-state index contributed by atoms with van der Waals surface area (Å²) >= 11 is 0. The average molecular weight is 361 g/mol. The molecule has 0 atom stereocenters. The van der Waals surface area contributed by atoms with Gasteiger partial charge >= 0.3 is 0 Å². The number of rotatable bonds is 4. The quantitative estimate of drug-likeness (QED) is 0.766. The van der Waals surface area contributed by atoms with Gasteiger partial charge in [-0.15, -0.1) is 0 Å². The van der Waals surface area contributed by atoms with Gasteiger partial charge < -0.3 is 9.88 Å². The van der Waals surface area contributed by atoms with Crippen LogP contribution in [0, 0.1) is 0 Å². The normalized spacial score (nSPS) is 15.0. The van der Waals surface area contributed by atoms with E-state index in [9.17, 15) is 9.59 Å². The first-order chi connectivity index (χ1) is 13.2. The van der Waals surface area contributed by atoms with E-state index < -0.39 is 0 Å². The first-order valence-corrected chi connectivity index (χ1v) is 9.55. The number of carbonyl (C=O) groups excluding carboxylic acids is 1. The SMILES string of the molecule is O=C(c1c[nH]c(=O)c2ccccc12)N(Cc1ccccn1)C1CCCCC1. The van der Waals surface area contributed by atoms with Crippen LogP contribution >= 0.6 is 0 Å². The molecule has 5 heteroatoms. The zero-order valence-electron chi connectivity index (χ0n) is 15.2. The number of hydrogen-bond donors (Lipinski definition) is 1. The van der Waals surface area contributed by atoms with Crippen molar-refractivity contribution in [2.24, 2.45) is 0 Å². The molecule has 5 nitrogen and oxygen atoms in total. The molecule has 2 aromatic heterocycles. The van der Waals surface area contributed by atoms with Gasteiger partial charge in [0.1, 0.15) is 0 Å². The Kier molecular flexibility index (Phi) is 5.01. The Balaban J connectivity index is 1.74. The number of pyridine rings is 2. The summed E-state index contributed by atoms with van der Waals surface area (Å²) in [5.41, 5.74) is 1.26. The summed E-state index contributed by atoms with van der Waals surface area (Å²) in [5.74, 6) is -0.0417. The Morgan fingerprint density at radius 3 is 2.52 bits per heavy atom. The lowest BCUT2D eigenvalue weighted by Gasteiger charge is -2.34. The third kappa shape index (κ3) is 3.63. The lowest BCUT2D eigenvalue weighted by atomic mass is 9.93. The molecule has 0 spiro atoms. The van der Waals surface area contributed by atoms with Crippen LogP contribution in [0.2, 0.25) is 0 Å². The predicted molar refractivity (Wildman–Crippen MR) is 106 cm³/mol. The standard InChI is InChI=1S/C22H23N3O2/c26-21-19-12-5-4-11-18(19)20(14-24-21)22(27)25(17-9-2-1-3-10-17)15-16-8-6-7-13-23-16/h4-8,11-14,17H,1-3,9-10,15H2,(H,24,26). The maximum absolute atomic E-state index is 13.5. The first kappa shape index (κ1) is 17.5. The number of nitrogens with zero attached hydrogens (tertiary/aromatic N) is 2. The number of aromatic nitrogens is 2. The molecule has 2 heterocycles. The van der Waals surface area contributed by atoms with E-state index in [0.29, 0.717) is 22.9 Å². The highest BCUT2D eigenvalue weighted by Gasteiger charge is 2.28. The highest BCUT2D eigenvalue weighted by molar-refractivity contribution is 6.06. The molecular weight excluding hydrogens is 338 g/mol. The van der Waals surface area contributed by atoms with Crippen molar-refractivity contribution >= 4 is 16.7 Å². The van der Waals surface area contributed by atoms with Gasteiger partial charge in [0.2, 0.25) is 0 Å². The van der Waals surface area contributed by atoms with Crippen LogP contribution in [-0.2, 0) is 6.54 Å². The van der Waals surface area contributed by atoms with Crippen molar-refractivity contribution in [2.75, 3.05) is 0 Å². The van der Waals surface area contributed by atoms with Crippen molar-refractivity contribution in [1.82, 2.24) is 14.9 Å². The van der Waals surface area contributed by atoms with Crippen molar-refractivity contribution in [3.8, 4) is 0 Å². The Labute approximate surface area is 158 Å². The number of aromatic amines is 1. The lowest BCUT2D eigenvalue weighted by Crippen LogP contribution is -2.41. The zero-order valence-corrected chi connectivity index (χ0v) is 15.2. The van der Waals surface area contributed by atoms with Crippen LogP contribution in [0.4, 0.5) is 0 Å². The molecule has 138 valence electrons. The summed E-state index contributed by atoms with van der Waals surface area (Å²) in [7, 11) is 0. The molecule has 1 aliphatic carbocycles. The largest absolute Gasteiger partial charge is 0.330 e. The number of carbonyl (C=O) groups is 1. The van der Waals surface area contributed by atoms with E-state index >= 15 is 0 Å². The smallest absolute Gasteiger partial charge is 0.256 e. The Hall–Kier alpha value is -2.95. The van der Waals surface area contributed by atoms with E-state index in [4.69, 9.17) is 0 Å². The van der Waals surface area contributed by atoms with Crippen LogP contribution in [0.1, 0.15) is 48.2 Å². The van der Waals surface area contributed by atoms with E-state index in [1.165, 1.54) is 6.42 Å². The average Bonchev–Trinajstić information content (AvgIpc) is 2.73. The second kappa shape index (κ2) is 7.74. The second-order valence-corrected chi connectivity index (χ2v) is 7.12. The Bertz CT molecular complexity index is 991. The van der Waals surface area contributed by atoms with Crippen molar-refractivity contribution in [3.63, 3.8) is 0 Å². The van der Waals surface area contributed by atoms with Gasteiger partial charge in [0.15, 0.2) is 0 Å².